The van der Waals surface area contributed by atoms with Gasteiger partial charge in [-0.15, -0.1) is 0 Å². The molecule has 1 aliphatic rings. The smallest absolute Gasteiger partial charge is 0.245 e. The van der Waals surface area contributed by atoms with Crippen LogP contribution in [0.4, 0.5) is 0 Å². The topological polar surface area (TPSA) is 62.6 Å². The van der Waals surface area contributed by atoms with E-state index in [0.717, 1.165) is 5.56 Å². The van der Waals surface area contributed by atoms with Crippen molar-refractivity contribution in [2.24, 2.45) is 0 Å². The molecule has 2 heterocycles. The molecular weight excluding hydrogens is 292 g/mol. The van der Waals surface area contributed by atoms with Gasteiger partial charge in [-0.05, 0) is 31.0 Å². The summed E-state index contributed by atoms with van der Waals surface area (Å²) in [4.78, 5) is 26.5. The number of furan rings is 1. The normalized spacial score (nSPS) is 20.7. The molecule has 1 N–H and O–H groups in total. The van der Waals surface area contributed by atoms with Crippen LogP contribution in [0.5, 0.6) is 0 Å². The lowest BCUT2D eigenvalue weighted by Gasteiger charge is -2.33. The number of amides is 2. The summed E-state index contributed by atoms with van der Waals surface area (Å²) < 4.78 is 5.32. The van der Waals surface area contributed by atoms with Crippen molar-refractivity contribution in [2.75, 3.05) is 0 Å². The van der Waals surface area contributed by atoms with Gasteiger partial charge in [0.05, 0.1) is 12.8 Å². The van der Waals surface area contributed by atoms with E-state index in [-0.39, 0.29) is 11.8 Å². The summed E-state index contributed by atoms with van der Waals surface area (Å²) in [5.41, 5.74) is 0.199. The molecule has 0 aliphatic carbocycles. The first-order valence-electron chi connectivity index (χ1n) is 7.75. The third kappa shape index (κ3) is 3.13. The molecule has 5 nitrogen and oxygen atoms in total. The Morgan fingerprint density at radius 3 is 2.74 bits per heavy atom. The Bertz CT molecular complexity index is 682. The minimum atomic E-state index is -0.835. The van der Waals surface area contributed by atoms with Crippen LogP contribution >= 0.6 is 0 Å². The second-order valence-corrected chi connectivity index (χ2v) is 6.00. The largest absolute Gasteiger partial charge is 0.467 e. The van der Waals surface area contributed by atoms with Gasteiger partial charge in [-0.3, -0.25) is 9.59 Å². The number of carbonyl (C=O) groups is 2. The molecule has 0 bridgehead atoms. The Morgan fingerprint density at radius 2 is 2.04 bits per heavy atom. The zero-order chi connectivity index (χ0) is 16.3. The molecule has 0 spiro atoms. The fraction of sp³-hybridized carbons (Fsp3) is 0.333. The van der Waals surface area contributed by atoms with Crippen LogP contribution in [0.1, 0.15) is 31.1 Å². The van der Waals surface area contributed by atoms with E-state index in [9.17, 15) is 9.59 Å². The summed E-state index contributed by atoms with van der Waals surface area (Å²) in [6, 6.07) is 13.3. The van der Waals surface area contributed by atoms with Crippen LogP contribution in [-0.2, 0) is 22.7 Å². The molecule has 1 atom stereocenters. The van der Waals surface area contributed by atoms with Gasteiger partial charge in [0.1, 0.15) is 11.3 Å². The molecule has 1 fully saturated rings. The lowest BCUT2D eigenvalue weighted by molar-refractivity contribution is -0.141. The van der Waals surface area contributed by atoms with Crippen molar-refractivity contribution in [2.45, 2.75) is 38.4 Å². The van der Waals surface area contributed by atoms with E-state index >= 15 is 0 Å². The van der Waals surface area contributed by atoms with Crippen LogP contribution < -0.4 is 5.32 Å². The van der Waals surface area contributed by atoms with E-state index in [2.05, 4.69) is 5.32 Å². The number of hydrogen-bond acceptors (Lipinski definition) is 3. The summed E-state index contributed by atoms with van der Waals surface area (Å²) in [6.45, 7) is 2.60. The number of likely N-dealkylation sites (tertiary alicyclic amines) is 1. The maximum Gasteiger partial charge on any atom is 0.245 e. The molecule has 3 rings (SSSR count). The van der Waals surface area contributed by atoms with Crippen molar-refractivity contribution in [3.05, 3.63) is 60.1 Å². The second kappa shape index (κ2) is 6.28. The fourth-order valence-electron chi connectivity index (χ4n) is 2.92. The summed E-state index contributed by atoms with van der Waals surface area (Å²) in [5.74, 6) is 0.542. The standard InChI is InChI=1S/C18H20N2O3/c1-18(17(22)19-12-14-6-3-2-4-7-14)10-9-16(21)20(18)13-15-8-5-11-23-15/h2-8,11H,9-10,12-13H2,1H3,(H,19,22)/t18-/m1/s1. The lowest BCUT2D eigenvalue weighted by Crippen LogP contribution is -2.53. The average molecular weight is 312 g/mol. The van der Waals surface area contributed by atoms with Gasteiger partial charge in [-0.25, -0.2) is 0 Å². The van der Waals surface area contributed by atoms with Crippen LogP contribution in [-0.4, -0.2) is 22.3 Å². The minimum absolute atomic E-state index is 0.0150. The number of rotatable bonds is 5. The van der Waals surface area contributed by atoms with Gasteiger partial charge in [-0.2, -0.15) is 0 Å². The van der Waals surface area contributed by atoms with Gasteiger partial charge in [0, 0.05) is 13.0 Å². The van der Waals surface area contributed by atoms with Gasteiger partial charge >= 0.3 is 0 Å². The maximum atomic E-state index is 12.7. The molecule has 120 valence electrons. The number of benzene rings is 1. The number of nitrogens with one attached hydrogen (secondary N) is 1. The number of hydrogen-bond donors (Lipinski definition) is 1. The highest BCUT2D eigenvalue weighted by atomic mass is 16.3. The van der Waals surface area contributed by atoms with Crippen molar-refractivity contribution in [1.29, 1.82) is 0 Å². The first-order chi connectivity index (χ1) is 11.1. The Labute approximate surface area is 135 Å². The Kier molecular flexibility index (Phi) is 4.19. The van der Waals surface area contributed by atoms with Crippen molar-refractivity contribution < 1.29 is 14.0 Å². The summed E-state index contributed by atoms with van der Waals surface area (Å²) in [7, 11) is 0. The maximum absolute atomic E-state index is 12.7. The fourth-order valence-corrected chi connectivity index (χ4v) is 2.92. The van der Waals surface area contributed by atoms with Crippen LogP contribution in [0.3, 0.4) is 0 Å². The van der Waals surface area contributed by atoms with E-state index in [1.807, 2.05) is 43.3 Å². The van der Waals surface area contributed by atoms with Gasteiger partial charge in [-0.1, -0.05) is 30.3 Å². The van der Waals surface area contributed by atoms with Crippen molar-refractivity contribution >= 4 is 11.8 Å². The van der Waals surface area contributed by atoms with Gasteiger partial charge < -0.3 is 14.6 Å². The Hall–Kier alpha value is -2.56. The first kappa shape index (κ1) is 15.3. The lowest BCUT2D eigenvalue weighted by atomic mass is 9.97. The molecule has 1 aliphatic heterocycles. The second-order valence-electron chi connectivity index (χ2n) is 6.00. The molecule has 23 heavy (non-hydrogen) atoms. The van der Waals surface area contributed by atoms with E-state index < -0.39 is 5.54 Å². The molecule has 2 aromatic rings. The van der Waals surface area contributed by atoms with E-state index in [1.165, 1.54) is 0 Å². The Balaban J connectivity index is 1.70. The van der Waals surface area contributed by atoms with Gasteiger partial charge in [0.2, 0.25) is 11.8 Å². The molecule has 0 unspecified atom stereocenters. The highest BCUT2D eigenvalue weighted by molar-refractivity contribution is 5.94. The SMILES string of the molecule is C[C@]1(C(=O)NCc2ccccc2)CCC(=O)N1Cc1ccco1. The highest BCUT2D eigenvalue weighted by Crippen LogP contribution is 2.32. The van der Waals surface area contributed by atoms with Gasteiger partial charge in [0.15, 0.2) is 0 Å². The van der Waals surface area contributed by atoms with E-state index in [1.54, 1.807) is 17.2 Å². The molecule has 1 saturated heterocycles. The molecule has 0 saturated carbocycles. The summed E-state index contributed by atoms with van der Waals surface area (Å²) in [5, 5.41) is 2.95. The average Bonchev–Trinajstić information content (AvgIpc) is 3.18. The minimum Gasteiger partial charge on any atom is -0.467 e. The number of nitrogens with zero attached hydrogens (tertiary/aromatic N) is 1. The predicted octanol–water partition coefficient (Wildman–Crippen LogP) is 2.48. The molecule has 2 amide bonds. The van der Waals surface area contributed by atoms with Crippen molar-refractivity contribution in [1.82, 2.24) is 10.2 Å². The zero-order valence-corrected chi connectivity index (χ0v) is 13.1. The van der Waals surface area contributed by atoms with Crippen molar-refractivity contribution in [3.63, 3.8) is 0 Å². The molecular formula is C18H20N2O3. The Morgan fingerprint density at radius 1 is 1.26 bits per heavy atom. The quantitative estimate of drug-likeness (QED) is 0.922. The zero-order valence-electron chi connectivity index (χ0n) is 13.1. The van der Waals surface area contributed by atoms with E-state index in [0.29, 0.717) is 31.7 Å². The predicted molar refractivity (Wildman–Crippen MR) is 85.2 cm³/mol. The van der Waals surface area contributed by atoms with Crippen LogP contribution in [0, 0.1) is 0 Å². The third-order valence-electron chi connectivity index (χ3n) is 4.40. The molecule has 1 aromatic heterocycles. The van der Waals surface area contributed by atoms with Crippen LogP contribution in [0.15, 0.2) is 53.1 Å². The molecule has 1 aromatic carbocycles. The van der Waals surface area contributed by atoms with Gasteiger partial charge in [0.25, 0.3) is 0 Å². The molecule has 0 radical (unpaired) electrons. The number of carbonyl (C=O) groups excluding carboxylic acids is 2. The first-order valence-corrected chi connectivity index (χ1v) is 7.75. The van der Waals surface area contributed by atoms with E-state index in [4.69, 9.17) is 4.42 Å². The van der Waals surface area contributed by atoms with Crippen LogP contribution in [0.25, 0.3) is 0 Å². The van der Waals surface area contributed by atoms with Crippen molar-refractivity contribution in [3.8, 4) is 0 Å². The molecule has 5 heteroatoms. The monoisotopic (exact) mass is 312 g/mol. The third-order valence-corrected chi connectivity index (χ3v) is 4.40. The van der Waals surface area contributed by atoms with Crippen LogP contribution in [0.2, 0.25) is 0 Å². The highest BCUT2D eigenvalue weighted by Gasteiger charge is 2.47. The summed E-state index contributed by atoms with van der Waals surface area (Å²) in [6.07, 6.45) is 2.48. The summed E-state index contributed by atoms with van der Waals surface area (Å²) >= 11 is 0.